The Kier molecular flexibility index (Phi) is 39.1. The van der Waals surface area contributed by atoms with E-state index in [0.717, 1.165) is 60.3 Å². The monoisotopic (exact) mass is 1970 g/mol. The second-order valence-electron chi connectivity index (χ2n) is 53.5. The number of nitrogens with zero attached hydrogens (tertiary/aromatic N) is 4. The summed E-state index contributed by atoms with van der Waals surface area (Å²) >= 11 is 0. The Hall–Kier alpha value is -11.5. The molecule has 0 amide bonds. The molecule has 4 nitrogen and oxygen atoms in total. The lowest BCUT2D eigenvalue weighted by Crippen LogP contribution is -2.20. The Morgan fingerprint density at radius 1 is 0.189 bits per heavy atom. The van der Waals surface area contributed by atoms with E-state index in [1.807, 2.05) is 38.4 Å². The summed E-state index contributed by atoms with van der Waals surface area (Å²) in [6.45, 7) is 78.7. The summed E-state index contributed by atoms with van der Waals surface area (Å²) in [6.07, 6.45) is 21.0. The highest BCUT2D eigenvalue weighted by atomic mass is 14.8. The third-order valence-corrected chi connectivity index (χ3v) is 30.2. The molecule has 0 bridgehead atoms. The first-order chi connectivity index (χ1) is 69.3. The molecule has 0 N–H and O–H groups in total. The van der Waals surface area contributed by atoms with Crippen molar-refractivity contribution < 1.29 is 0 Å². The summed E-state index contributed by atoms with van der Waals surface area (Å²) in [6, 6.07) is 107. The molecule has 8 aliphatic rings. The standard InChI is InChI=1S/3C14H16.4C13H18.4C12H15N.C2H6/c3*1-14(2,3)13-9-8-11-6-4-5-7-12(11)10-13;2*1-13(2,3)12-8-7-10-5-4-6-11(10)9-12;2*1-13(2,3)12-8-10-6-4-5-7-11(10)9-12;1-12(2,3)10-4-5-11-9(8-10)6-7-13-11;1-12(2,3)10-5-4-9-6-7-13-11(9)8-10;2*1-12(2,3)11-8-9-6-4-5-7-10(9)13-11;1-2/h3*4-10H,1-3H3;2*7-9H,4-6H2,1-3H3;2*4-7,12H,8-9H2,1-3H3;2*4-5,7-8H,6H2,1-3H3;2*4-7H,8H2,1-3H3;1-2H3. The molecule has 14 aromatic carbocycles. The van der Waals surface area contributed by atoms with Crippen LogP contribution in [0.2, 0.25) is 0 Å². The van der Waals surface area contributed by atoms with Gasteiger partial charge in [0.15, 0.2) is 0 Å². The topological polar surface area (TPSA) is 49.4 Å². The zero-order chi connectivity index (χ0) is 108. The molecule has 0 saturated heterocycles. The average molecular weight is 1970 g/mol. The third kappa shape index (κ3) is 33.8. The Morgan fingerprint density at radius 2 is 0.432 bits per heavy atom. The van der Waals surface area contributed by atoms with Crippen LogP contribution in [0.3, 0.4) is 0 Å². The van der Waals surface area contributed by atoms with Crippen LogP contribution >= 0.6 is 0 Å². The van der Waals surface area contributed by atoms with Crippen LogP contribution in [0, 0.1) is 33.5 Å². The fourth-order valence-corrected chi connectivity index (χ4v) is 19.7. The number of para-hydroxylation sites is 2. The van der Waals surface area contributed by atoms with Gasteiger partial charge in [-0.1, -0.05) is 515 Å². The van der Waals surface area contributed by atoms with Crippen LogP contribution in [0.25, 0.3) is 32.3 Å². The molecule has 14 aromatic rings. The second-order valence-corrected chi connectivity index (χ2v) is 53.5. The maximum atomic E-state index is 4.64. The van der Waals surface area contributed by atoms with E-state index in [-0.39, 0.29) is 37.9 Å². The van der Waals surface area contributed by atoms with E-state index in [1.54, 1.807) is 44.5 Å². The Bertz CT molecular complexity index is 6340. The highest BCUT2D eigenvalue weighted by molar-refractivity contribution is 5.98. The first-order valence-corrected chi connectivity index (χ1v) is 55.8. The zero-order valence-electron chi connectivity index (χ0n) is 98.3. The molecule has 0 unspecified atom stereocenters. The summed E-state index contributed by atoms with van der Waals surface area (Å²) in [4.78, 5) is 17.9. The Labute approximate surface area is 899 Å². The maximum absolute atomic E-state index is 4.64. The SMILES string of the molecule is CC.CC(C)(C)C1=Nc2ccccc2C1.CC(C)(C)C1=Nc2ccccc2C1.CC(C)(C)C1Cc2ccccc2C1.CC(C)(C)C1Cc2ccccc2C1.CC(C)(C)c1ccc2c(c1)CC=N2.CC(C)(C)c1ccc2c(c1)CCC2.CC(C)(C)c1ccc2c(c1)CCC2.CC(C)(C)c1ccc2c(c1)N=CC2.CC(C)(C)c1ccc2ccccc2c1.CC(C)(C)c1ccc2ccccc2c1.CC(C)(C)c1ccc2ccccc2c1. The lowest BCUT2D eigenvalue weighted by Gasteiger charge is -2.26. The van der Waals surface area contributed by atoms with Crippen LogP contribution < -0.4 is 0 Å². The van der Waals surface area contributed by atoms with E-state index in [4.69, 9.17) is 0 Å². The van der Waals surface area contributed by atoms with Crippen molar-refractivity contribution in [3.8, 4) is 0 Å². The van der Waals surface area contributed by atoms with Gasteiger partial charge in [0.25, 0.3) is 0 Å². The first kappa shape index (κ1) is 117. The van der Waals surface area contributed by atoms with Crippen LogP contribution in [0.15, 0.2) is 317 Å². The van der Waals surface area contributed by atoms with Gasteiger partial charge in [-0.15, -0.1) is 0 Å². The molecule has 0 spiro atoms. The number of benzene rings is 14. The van der Waals surface area contributed by atoms with Crippen molar-refractivity contribution in [2.75, 3.05) is 0 Å². The van der Waals surface area contributed by atoms with Gasteiger partial charge in [-0.3, -0.25) is 20.0 Å². The molecule has 782 valence electrons. The molecule has 4 heterocycles. The van der Waals surface area contributed by atoms with Gasteiger partial charge < -0.3 is 0 Å². The van der Waals surface area contributed by atoms with Crippen LogP contribution in [-0.2, 0) is 115 Å². The molecule has 148 heavy (non-hydrogen) atoms. The lowest BCUT2D eigenvalue weighted by atomic mass is 9.79. The predicted octanol–water partition coefficient (Wildman–Crippen LogP) is 40.5. The fourth-order valence-electron chi connectivity index (χ4n) is 19.7. The fraction of sp³-hybridized carbons (Fsp3) is 0.431. The van der Waals surface area contributed by atoms with E-state index >= 15 is 0 Å². The number of aliphatic imine (C=N–C) groups is 4. The maximum Gasteiger partial charge on any atom is 0.0665 e. The molecule has 4 heteroatoms. The molecule has 4 aliphatic carbocycles. The Balaban J connectivity index is 0.000000154. The number of aryl methyl sites for hydroxylation is 4. The highest BCUT2D eigenvalue weighted by Crippen LogP contribution is 2.43. The molecule has 4 aliphatic heterocycles. The van der Waals surface area contributed by atoms with Gasteiger partial charge >= 0.3 is 0 Å². The van der Waals surface area contributed by atoms with E-state index < -0.39 is 0 Å². The molecule has 0 atom stereocenters. The normalized spacial score (nSPS) is 14.6. The number of hydrogen-bond donors (Lipinski definition) is 0. The summed E-state index contributed by atoms with van der Waals surface area (Å²) < 4.78 is 0. The van der Waals surface area contributed by atoms with Crippen molar-refractivity contribution in [1.29, 1.82) is 0 Å². The van der Waals surface area contributed by atoms with Crippen LogP contribution in [0.4, 0.5) is 22.7 Å². The summed E-state index contributed by atoms with van der Waals surface area (Å²) in [5, 5.41) is 7.96. The van der Waals surface area contributed by atoms with Crippen molar-refractivity contribution in [2.45, 2.75) is 370 Å². The minimum absolute atomic E-state index is 0.207. The summed E-state index contributed by atoms with van der Waals surface area (Å²) in [5.74, 6) is 1.68. The zero-order valence-corrected chi connectivity index (χ0v) is 98.3. The molecule has 0 radical (unpaired) electrons. The van der Waals surface area contributed by atoms with Gasteiger partial charge in [0.05, 0.1) is 22.7 Å². The number of hydrogen-bond acceptors (Lipinski definition) is 4. The molecule has 22 rings (SSSR count). The molecule has 0 aromatic heterocycles. The molecule has 0 saturated carbocycles. The molecular weight excluding hydrogens is 1790 g/mol. The number of fused-ring (bicyclic) bond motifs is 11. The highest BCUT2D eigenvalue weighted by Gasteiger charge is 2.34. The van der Waals surface area contributed by atoms with Crippen LogP contribution in [0.5, 0.6) is 0 Å². The van der Waals surface area contributed by atoms with Crippen molar-refractivity contribution in [3.63, 3.8) is 0 Å². The number of rotatable bonds is 0. The summed E-state index contributed by atoms with van der Waals surface area (Å²) in [7, 11) is 0. The van der Waals surface area contributed by atoms with E-state index in [0.29, 0.717) is 21.7 Å². The average Bonchev–Trinajstić information content (AvgIpc) is 1.78. The van der Waals surface area contributed by atoms with Crippen molar-refractivity contribution in [2.24, 2.45) is 53.5 Å². The van der Waals surface area contributed by atoms with Gasteiger partial charge in [0.2, 0.25) is 0 Å². The second kappa shape index (κ2) is 49.5. The van der Waals surface area contributed by atoms with Gasteiger partial charge in [0, 0.05) is 60.4 Å². The van der Waals surface area contributed by atoms with Crippen LogP contribution in [-0.4, -0.2) is 23.9 Å². The molecule has 0 fully saturated rings. The predicted molar refractivity (Wildman–Crippen MR) is 655 cm³/mol. The van der Waals surface area contributed by atoms with E-state index in [2.05, 4.69) is 534 Å². The van der Waals surface area contributed by atoms with Gasteiger partial charge in [-0.2, -0.15) is 0 Å². The largest absolute Gasteiger partial charge is 0.261 e. The smallest absolute Gasteiger partial charge is 0.0665 e. The van der Waals surface area contributed by atoms with Crippen molar-refractivity contribution in [1.82, 2.24) is 0 Å². The van der Waals surface area contributed by atoms with Crippen molar-refractivity contribution in [3.05, 3.63) is 403 Å². The van der Waals surface area contributed by atoms with Gasteiger partial charge in [-0.05, 0) is 287 Å². The van der Waals surface area contributed by atoms with E-state index in [1.165, 1.54) is 169 Å². The Morgan fingerprint density at radius 3 is 0.736 bits per heavy atom. The van der Waals surface area contributed by atoms with Gasteiger partial charge in [-0.25, -0.2) is 0 Å². The first-order valence-electron chi connectivity index (χ1n) is 55.8. The van der Waals surface area contributed by atoms with E-state index in [9.17, 15) is 0 Å². The van der Waals surface area contributed by atoms with Crippen LogP contribution in [0.1, 0.15) is 361 Å². The quantitative estimate of drug-likeness (QED) is 0.145. The van der Waals surface area contributed by atoms with Crippen molar-refractivity contribution >= 4 is 78.9 Å². The molecular formula is C144H186N4. The lowest BCUT2D eigenvalue weighted by molar-refractivity contribution is 0.251. The minimum Gasteiger partial charge on any atom is -0.261 e. The van der Waals surface area contributed by atoms with Gasteiger partial charge in [0.1, 0.15) is 0 Å². The third-order valence-electron chi connectivity index (χ3n) is 30.2. The minimum atomic E-state index is 0.207. The summed E-state index contributed by atoms with van der Waals surface area (Å²) in [5.41, 5.74) is 38.4.